The molecule has 31 heavy (non-hydrogen) atoms. The van der Waals surface area contributed by atoms with Crippen LogP contribution in [0.1, 0.15) is 32.1 Å². The van der Waals surface area contributed by atoms with Crippen LogP contribution >= 0.6 is 11.6 Å². The first kappa shape index (κ1) is 22.1. The van der Waals surface area contributed by atoms with E-state index in [1.54, 1.807) is 6.20 Å². The molecule has 0 bridgehead atoms. The summed E-state index contributed by atoms with van der Waals surface area (Å²) >= 11 is 6.47. The number of hydrogen-bond acceptors (Lipinski definition) is 5. The van der Waals surface area contributed by atoms with Crippen molar-refractivity contribution in [3.05, 3.63) is 41.6 Å². The van der Waals surface area contributed by atoms with Crippen molar-refractivity contribution in [2.24, 2.45) is 11.8 Å². The normalized spacial score (nSPS) is 20.1. The van der Waals surface area contributed by atoms with Crippen LogP contribution in [0.3, 0.4) is 0 Å². The molecule has 2 fully saturated rings. The van der Waals surface area contributed by atoms with Gasteiger partial charge in [-0.05, 0) is 61.9 Å². The predicted octanol–water partition coefficient (Wildman–Crippen LogP) is 4.57. The maximum Gasteiger partial charge on any atom is 0.229 e. The van der Waals surface area contributed by atoms with E-state index in [1.165, 1.54) is 0 Å². The van der Waals surface area contributed by atoms with E-state index in [0.717, 1.165) is 75.2 Å². The summed E-state index contributed by atoms with van der Waals surface area (Å²) in [5, 5.41) is 10.4. The number of hydrogen-bond donors (Lipinski definition) is 3. The third kappa shape index (κ3) is 6.19. The molecule has 6 nitrogen and oxygen atoms in total. The molecular weight excluding hydrogens is 412 g/mol. The third-order valence-corrected chi connectivity index (χ3v) is 6.43. The first-order chi connectivity index (χ1) is 15.2. The van der Waals surface area contributed by atoms with Crippen molar-refractivity contribution >= 4 is 29.0 Å². The third-order valence-electron chi connectivity index (χ3n) is 6.13. The molecule has 4 rings (SSSR count). The zero-order valence-corrected chi connectivity index (χ0v) is 18.6. The van der Waals surface area contributed by atoms with Crippen molar-refractivity contribution in [1.82, 2.24) is 10.3 Å². The molecule has 1 aromatic carbocycles. The average Bonchev–Trinajstić information content (AvgIpc) is 3.10. The highest BCUT2D eigenvalue weighted by Gasteiger charge is 2.21. The maximum atomic E-state index is 12.7. The van der Waals surface area contributed by atoms with Crippen molar-refractivity contribution in [1.29, 1.82) is 0 Å². The molecule has 3 N–H and O–H groups in total. The smallest absolute Gasteiger partial charge is 0.229 e. The molecule has 0 radical (unpaired) electrons. The largest absolute Gasteiger partial charge is 0.385 e. The minimum Gasteiger partial charge on any atom is -0.385 e. The molecule has 2 saturated heterocycles. The number of nitrogens with zero attached hydrogens (tertiary/aromatic N) is 1. The van der Waals surface area contributed by atoms with Gasteiger partial charge in [0.1, 0.15) is 5.82 Å². The highest BCUT2D eigenvalue weighted by atomic mass is 35.5. The van der Waals surface area contributed by atoms with Crippen LogP contribution in [-0.2, 0) is 9.53 Å². The summed E-state index contributed by atoms with van der Waals surface area (Å²) in [4.78, 5) is 17.0. The van der Waals surface area contributed by atoms with Gasteiger partial charge < -0.3 is 20.7 Å². The Balaban J connectivity index is 1.44. The summed E-state index contributed by atoms with van der Waals surface area (Å²) < 4.78 is 5.44. The van der Waals surface area contributed by atoms with Crippen LogP contribution in [0.5, 0.6) is 0 Å². The Morgan fingerprint density at radius 1 is 1.19 bits per heavy atom. The lowest BCUT2D eigenvalue weighted by molar-refractivity contribution is -0.119. The summed E-state index contributed by atoms with van der Waals surface area (Å²) in [6.07, 6.45) is 6.90. The van der Waals surface area contributed by atoms with Gasteiger partial charge in [-0.3, -0.25) is 4.79 Å². The number of carbonyl (C=O) groups excluding carboxylic acids is 1. The van der Waals surface area contributed by atoms with E-state index >= 15 is 0 Å². The molecule has 2 aliphatic rings. The molecule has 1 unspecified atom stereocenters. The monoisotopic (exact) mass is 442 g/mol. The average molecular weight is 443 g/mol. The Kier molecular flexibility index (Phi) is 7.78. The minimum atomic E-state index is -0.0267. The van der Waals surface area contributed by atoms with E-state index in [4.69, 9.17) is 16.3 Å². The Bertz CT molecular complexity index is 878. The molecule has 1 aromatic heterocycles. The van der Waals surface area contributed by atoms with Crippen molar-refractivity contribution < 1.29 is 9.53 Å². The zero-order chi connectivity index (χ0) is 21.5. The molecule has 166 valence electrons. The van der Waals surface area contributed by atoms with E-state index in [9.17, 15) is 4.79 Å². The number of ether oxygens (including phenoxy) is 1. The van der Waals surface area contributed by atoms with Gasteiger partial charge in [0.15, 0.2) is 0 Å². The maximum absolute atomic E-state index is 12.7. The van der Waals surface area contributed by atoms with E-state index in [0.29, 0.717) is 23.3 Å². The molecule has 0 aliphatic carbocycles. The van der Waals surface area contributed by atoms with Crippen molar-refractivity contribution in [2.45, 2.75) is 32.1 Å². The van der Waals surface area contributed by atoms with Gasteiger partial charge in [0.2, 0.25) is 5.91 Å². The van der Waals surface area contributed by atoms with Crippen LogP contribution in [0, 0.1) is 11.8 Å². The topological polar surface area (TPSA) is 75.3 Å². The number of pyridine rings is 1. The quantitative estimate of drug-likeness (QED) is 0.611. The highest BCUT2D eigenvalue weighted by Crippen LogP contribution is 2.31. The van der Waals surface area contributed by atoms with Gasteiger partial charge in [0, 0.05) is 43.8 Å². The van der Waals surface area contributed by atoms with Gasteiger partial charge in [-0.2, -0.15) is 0 Å². The van der Waals surface area contributed by atoms with E-state index in [2.05, 4.69) is 33.1 Å². The van der Waals surface area contributed by atoms with Crippen LogP contribution < -0.4 is 16.0 Å². The van der Waals surface area contributed by atoms with Gasteiger partial charge in [-0.25, -0.2) is 4.98 Å². The van der Waals surface area contributed by atoms with Gasteiger partial charge in [-0.1, -0.05) is 30.2 Å². The number of carbonyl (C=O) groups is 1. The van der Waals surface area contributed by atoms with Crippen molar-refractivity contribution in [2.75, 3.05) is 43.5 Å². The lowest BCUT2D eigenvalue weighted by atomic mass is 10.00. The minimum absolute atomic E-state index is 0.0158. The molecule has 1 atom stereocenters. The van der Waals surface area contributed by atoms with E-state index in [-0.39, 0.29) is 11.8 Å². The second-order valence-electron chi connectivity index (χ2n) is 8.45. The summed E-state index contributed by atoms with van der Waals surface area (Å²) in [6, 6.07) is 10.1. The van der Waals surface area contributed by atoms with Gasteiger partial charge in [0.05, 0.1) is 10.9 Å². The Labute approximate surface area is 189 Å². The number of rotatable bonds is 6. The SMILES string of the molecule is O=C(Nc1cc(-c2cccc(NCC3CCOCC3)c2)c(Cl)cn1)C1CCCCNC1. The number of benzene rings is 1. The number of nitrogens with one attached hydrogen (secondary N) is 3. The van der Waals surface area contributed by atoms with Gasteiger partial charge in [0.25, 0.3) is 0 Å². The van der Waals surface area contributed by atoms with Crippen LogP contribution in [0.4, 0.5) is 11.5 Å². The summed E-state index contributed by atoms with van der Waals surface area (Å²) in [5.41, 5.74) is 2.92. The molecule has 0 spiro atoms. The fourth-order valence-electron chi connectivity index (χ4n) is 4.21. The van der Waals surface area contributed by atoms with Crippen molar-refractivity contribution in [3.63, 3.8) is 0 Å². The first-order valence-electron chi connectivity index (χ1n) is 11.3. The van der Waals surface area contributed by atoms with Gasteiger partial charge in [-0.15, -0.1) is 0 Å². The second kappa shape index (κ2) is 10.9. The number of anilines is 2. The van der Waals surface area contributed by atoms with Crippen molar-refractivity contribution in [3.8, 4) is 11.1 Å². The number of amides is 1. The zero-order valence-electron chi connectivity index (χ0n) is 17.8. The number of aromatic nitrogens is 1. The Morgan fingerprint density at radius 2 is 2.06 bits per heavy atom. The van der Waals surface area contributed by atoms with Crippen LogP contribution in [-0.4, -0.2) is 43.7 Å². The van der Waals surface area contributed by atoms with Crippen LogP contribution in [0.15, 0.2) is 36.5 Å². The molecule has 7 heteroatoms. The molecule has 0 saturated carbocycles. The molecular formula is C24H31ClN4O2. The molecule has 2 aromatic rings. The first-order valence-corrected chi connectivity index (χ1v) is 11.7. The Hall–Kier alpha value is -2.15. The number of halogens is 1. The van der Waals surface area contributed by atoms with Crippen LogP contribution in [0.25, 0.3) is 11.1 Å². The molecule has 1 amide bonds. The lowest BCUT2D eigenvalue weighted by Crippen LogP contribution is -2.31. The lowest BCUT2D eigenvalue weighted by Gasteiger charge is -2.22. The van der Waals surface area contributed by atoms with E-state index < -0.39 is 0 Å². The van der Waals surface area contributed by atoms with E-state index in [1.807, 2.05) is 18.2 Å². The fraction of sp³-hybridized carbons (Fsp3) is 0.500. The van der Waals surface area contributed by atoms with Crippen LogP contribution in [0.2, 0.25) is 5.02 Å². The Morgan fingerprint density at radius 3 is 2.94 bits per heavy atom. The standard InChI is InChI=1S/C24H31ClN4O2/c25-22-16-28-23(29-24(30)19-4-1-2-9-26-15-19)13-21(22)18-5-3-6-20(12-18)27-14-17-7-10-31-11-8-17/h3,5-6,12-13,16-17,19,26-27H,1-2,4,7-11,14-15H2,(H,28,29,30). The molecule has 2 aliphatic heterocycles. The summed E-state index contributed by atoms with van der Waals surface area (Å²) in [5.74, 6) is 1.17. The van der Waals surface area contributed by atoms with Gasteiger partial charge >= 0.3 is 0 Å². The predicted molar refractivity (Wildman–Crippen MR) is 126 cm³/mol. The highest BCUT2D eigenvalue weighted by molar-refractivity contribution is 6.33. The summed E-state index contributed by atoms with van der Waals surface area (Å²) in [7, 11) is 0. The molecule has 3 heterocycles. The fourth-order valence-corrected chi connectivity index (χ4v) is 4.42. The summed E-state index contributed by atoms with van der Waals surface area (Å²) in [6.45, 7) is 4.33. The second-order valence-corrected chi connectivity index (χ2v) is 8.86.